The Morgan fingerprint density at radius 1 is 0.774 bits per heavy atom. The highest BCUT2D eigenvalue weighted by molar-refractivity contribution is 5.98. The maximum atomic E-state index is 12.9. The van der Waals surface area contributed by atoms with Crippen molar-refractivity contribution in [2.45, 2.75) is 26.2 Å². The van der Waals surface area contributed by atoms with Crippen LogP contribution in [0.4, 0.5) is 0 Å². The highest BCUT2D eigenvalue weighted by Gasteiger charge is 2.32. The second-order valence-electron chi connectivity index (χ2n) is 7.73. The zero-order valence-electron chi connectivity index (χ0n) is 19.0. The summed E-state index contributed by atoms with van der Waals surface area (Å²) >= 11 is 0. The molecular formula is C26H30O5. The summed E-state index contributed by atoms with van der Waals surface area (Å²) < 4.78 is 21.6. The quantitative estimate of drug-likeness (QED) is 0.594. The standard InChI is InChI=1S/C26H30O5/c1-16-24(8-7-18-9-20(28-3)13-21(10-18)29-4)17(2)26(27)15-25(16)19-11-22(30-5)14-23(12-19)31-6/h7-14,16,25H,15H2,1-6H3/b8-7+. The van der Waals surface area contributed by atoms with Crippen LogP contribution in [0.25, 0.3) is 6.08 Å². The molecule has 0 saturated carbocycles. The second kappa shape index (κ2) is 9.73. The third-order valence-electron chi connectivity index (χ3n) is 5.98. The van der Waals surface area contributed by atoms with Crippen molar-refractivity contribution in [3.8, 4) is 23.0 Å². The van der Waals surface area contributed by atoms with E-state index >= 15 is 0 Å². The second-order valence-corrected chi connectivity index (χ2v) is 7.73. The number of ether oxygens (including phenoxy) is 4. The fourth-order valence-electron chi connectivity index (χ4n) is 4.09. The van der Waals surface area contributed by atoms with Gasteiger partial charge in [-0.15, -0.1) is 0 Å². The van der Waals surface area contributed by atoms with Gasteiger partial charge in [-0.05, 0) is 65.3 Å². The molecule has 5 nitrogen and oxygen atoms in total. The molecule has 0 spiro atoms. The summed E-state index contributed by atoms with van der Waals surface area (Å²) in [6, 6.07) is 11.5. The van der Waals surface area contributed by atoms with Gasteiger partial charge >= 0.3 is 0 Å². The van der Waals surface area contributed by atoms with E-state index in [1.165, 1.54) is 0 Å². The highest BCUT2D eigenvalue weighted by atomic mass is 16.5. The van der Waals surface area contributed by atoms with Crippen molar-refractivity contribution < 1.29 is 23.7 Å². The summed E-state index contributed by atoms with van der Waals surface area (Å²) in [7, 11) is 6.52. The first-order valence-corrected chi connectivity index (χ1v) is 10.3. The summed E-state index contributed by atoms with van der Waals surface area (Å²) in [5.74, 6) is 3.24. The Kier molecular flexibility index (Phi) is 7.06. The highest BCUT2D eigenvalue weighted by Crippen LogP contribution is 2.42. The number of hydrogen-bond acceptors (Lipinski definition) is 5. The largest absolute Gasteiger partial charge is 0.497 e. The fraction of sp³-hybridized carbons (Fsp3) is 0.346. The molecule has 1 aliphatic carbocycles. The van der Waals surface area contributed by atoms with Crippen LogP contribution in [-0.2, 0) is 4.79 Å². The molecule has 31 heavy (non-hydrogen) atoms. The van der Waals surface area contributed by atoms with Gasteiger partial charge in [0.2, 0.25) is 0 Å². The van der Waals surface area contributed by atoms with Gasteiger partial charge in [-0.25, -0.2) is 0 Å². The van der Waals surface area contributed by atoms with Crippen molar-refractivity contribution in [3.05, 3.63) is 64.7 Å². The van der Waals surface area contributed by atoms with E-state index in [0.717, 1.165) is 45.3 Å². The van der Waals surface area contributed by atoms with Gasteiger partial charge in [-0.3, -0.25) is 4.79 Å². The minimum Gasteiger partial charge on any atom is -0.497 e. The first-order chi connectivity index (χ1) is 14.9. The monoisotopic (exact) mass is 422 g/mol. The van der Waals surface area contributed by atoms with Crippen LogP contribution in [0.2, 0.25) is 0 Å². The van der Waals surface area contributed by atoms with Crippen molar-refractivity contribution in [2.75, 3.05) is 28.4 Å². The molecule has 0 N–H and O–H groups in total. The summed E-state index contributed by atoms with van der Waals surface area (Å²) in [4.78, 5) is 12.9. The molecule has 2 aromatic carbocycles. The number of allylic oxidation sites excluding steroid dienone is 3. The minimum atomic E-state index is 0.0414. The van der Waals surface area contributed by atoms with Crippen molar-refractivity contribution in [1.29, 1.82) is 0 Å². The maximum absolute atomic E-state index is 12.9. The Morgan fingerprint density at radius 3 is 1.74 bits per heavy atom. The lowest BCUT2D eigenvalue weighted by Gasteiger charge is -2.31. The molecule has 164 valence electrons. The molecule has 0 amide bonds. The minimum absolute atomic E-state index is 0.0414. The van der Waals surface area contributed by atoms with E-state index in [1.807, 2.05) is 55.5 Å². The number of carbonyl (C=O) groups is 1. The Hall–Kier alpha value is -3.21. The van der Waals surface area contributed by atoms with Gasteiger partial charge in [-0.1, -0.05) is 19.1 Å². The van der Waals surface area contributed by atoms with Crippen molar-refractivity contribution in [1.82, 2.24) is 0 Å². The van der Waals surface area contributed by atoms with Gasteiger partial charge in [0, 0.05) is 18.6 Å². The van der Waals surface area contributed by atoms with Gasteiger partial charge in [0.05, 0.1) is 28.4 Å². The first-order valence-electron chi connectivity index (χ1n) is 10.3. The van der Waals surface area contributed by atoms with Crippen molar-refractivity contribution >= 4 is 11.9 Å². The zero-order valence-corrected chi connectivity index (χ0v) is 19.0. The molecule has 3 rings (SSSR count). The Labute approximate surface area is 184 Å². The molecule has 1 aliphatic rings. The molecule has 0 bridgehead atoms. The van der Waals surface area contributed by atoms with E-state index in [0.29, 0.717) is 6.42 Å². The van der Waals surface area contributed by atoms with Gasteiger partial charge in [0.25, 0.3) is 0 Å². The lowest BCUT2D eigenvalue weighted by Crippen LogP contribution is -2.24. The number of ketones is 1. The van der Waals surface area contributed by atoms with Gasteiger partial charge in [-0.2, -0.15) is 0 Å². The number of methoxy groups -OCH3 is 4. The number of benzene rings is 2. The predicted molar refractivity (Wildman–Crippen MR) is 122 cm³/mol. The molecule has 5 heteroatoms. The summed E-state index contributed by atoms with van der Waals surface area (Å²) in [6.45, 7) is 4.07. The van der Waals surface area contributed by atoms with Crippen LogP contribution >= 0.6 is 0 Å². The molecule has 0 heterocycles. The first kappa shape index (κ1) is 22.5. The molecule has 2 atom stereocenters. The van der Waals surface area contributed by atoms with Gasteiger partial charge < -0.3 is 18.9 Å². The normalized spacial score (nSPS) is 19.0. The van der Waals surface area contributed by atoms with Gasteiger partial charge in [0.15, 0.2) is 5.78 Å². The molecule has 0 aliphatic heterocycles. The number of carbonyl (C=O) groups excluding carboxylic acids is 1. The van der Waals surface area contributed by atoms with Crippen LogP contribution in [0.1, 0.15) is 37.3 Å². The summed E-state index contributed by atoms with van der Waals surface area (Å²) in [6.07, 6.45) is 4.51. The van der Waals surface area contributed by atoms with E-state index in [2.05, 4.69) is 6.92 Å². The third kappa shape index (κ3) is 4.93. The van der Waals surface area contributed by atoms with Crippen LogP contribution in [-0.4, -0.2) is 34.2 Å². The molecular weight excluding hydrogens is 392 g/mol. The molecule has 2 aromatic rings. The summed E-state index contributed by atoms with van der Waals surface area (Å²) in [5.41, 5.74) is 3.83. The average Bonchev–Trinajstić information content (AvgIpc) is 2.80. The lowest BCUT2D eigenvalue weighted by atomic mass is 9.72. The molecule has 0 radical (unpaired) electrons. The number of rotatable bonds is 7. The molecule has 0 saturated heterocycles. The van der Waals surface area contributed by atoms with Crippen LogP contribution in [0.5, 0.6) is 23.0 Å². The van der Waals surface area contributed by atoms with Crippen molar-refractivity contribution in [2.24, 2.45) is 5.92 Å². The van der Waals surface area contributed by atoms with Crippen LogP contribution in [0.15, 0.2) is 53.6 Å². The number of Topliss-reactive ketones (excluding diaryl/α,β-unsaturated/α-hetero) is 1. The Balaban J connectivity index is 1.97. The van der Waals surface area contributed by atoms with E-state index in [1.54, 1.807) is 28.4 Å². The van der Waals surface area contributed by atoms with E-state index in [4.69, 9.17) is 18.9 Å². The maximum Gasteiger partial charge on any atom is 0.159 e. The zero-order chi connectivity index (χ0) is 22.5. The lowest BCUT2D eigenvalue weighted by molar-refractivity contribution is -0.116. The predicted octanol–water partition coefficient (Wildman–Crippen LogP) is 5.44. The van der Waals surface area contributed by atoms with Crippen LogP contribution < -0.4 is 18.9 Å². The Bertz CT molecular complexity index is 974. The smallest absolute Gasteiger partial charge is 0.159 e. The third-order valence-corrected chi connectivity index (χ3v) is 5.98. The average molecular weight is 423 g/mol. The van der Waals surface area contributed by atoms with Crippen LogP contribution in [0.3, 0.4) is 0 Å². The summed E-state index contributed by atoms with van der Waals surface area (Å²) in [5, 5.41) is 0. The molecule has 2 unspecified atom stereocenters. The molecule has 0 aromatic heterocycles. The van der Waals surface area contributed by atoms with Gasteiger partial charge in [0.1, 0.15) is 23.0 Å². The fourth-order valence-corrected chi connectivity index (χ4v) is 4.09. The number of hydrogen-bond donors (Lipinski definition) is 0. The SMILES string of the molecule is COc1cc(/C=C/C2=C(C)C(=O)CC(c3cc(OC)cc(OC)c3)C2C)cc(OC)c1. The topological polar surface area (TPSA) is 54.0 Å². The molecule has 0 fully saturated rings. The van der Waals surface area contributed by atoms with Crippen molar-refractivity contribution in [3.63, 3.8) is 0 Å². The van der Waals surface area contributed by atoms with E-state index < -0.39 is 0 Å². The van der Waals surface area contributed by atoms with E-state index in [9.17, 15) is 4.79 Å². The van der Waals surface area contributed by atoms with Crippen LogP contribution in [0, 0.1) is 5.92 Å². The van der Waals surface area contributed by atoms with E-state index in [-0.39, 0.29) is 17.6 Å². The Morgan fingerprint density at radius 2 is 1.26 bits per heavy atom.